The predicted octanol–water partition coefficient (Wildman–Crippen LogP) is 1.04. The molecule has 0 aliphatic carbocycles. The minimum absolute atomic E-state index is 0.0248. The largest absolute Gasteiger partial charge is 0.478 e. The van der Waals surface area contributed by atoms with Crippen molar-refractivity contribution in [2.75, 3.05) is 0 Å². The van der Waals surface area contributed by atoms with Gasteiger partial charge in [-0.05, 0) is 17.7 Å². The van der Waals surface area contributed by atoms with E-state index in [1.165, 1.54) is 24.3 Å². The molecule has 76 valence electrons. The van der Waals surface area contributed by atoms with Gasteiger partial charge in [-0.3, -0.25) is 8.74 Å². The van der Waals surface area contributed by atoms with Gasteiger partial charge in [0.05, 0.1) is 12.2 Å². The van der Waals surface area contributed by atoms with Crippen molar-refractivity contribution in [3.05, 3.63) is 35.4 Å². The molecule has 0 saturated carbocycles. The van der Waals surface area contributed by atoms with E-state index in [0.29, 0.717) is 5.56 Å². The van der Waals surface area contributed by atoms with Crippen LogP contribution in [0.15, 0.2) is 24.3 Å². The fourth-order valence-electron chi connectivity index (χ4n) is 0.862. The third-order valence-corrected chi connectivity index (χ3v) is 1.85. The third-order valence-electron chi connectivity index (χ3n) is 1.53. The van der Waals surface area contributed by atoms with E-state index in [2.05, 4.69) is 4.18 Å². The van der Waals surface area contributed by atoms with E-state index in [9.17, 15) is 9.00 Å². The standard InChI is InChI=1S/C8H8O5S/c9-8(10)7-3-1-6(2-4-7)5-13-14(11)12/h1-4H,5H2,(H,9,10)(H,11,12). The molecule has 1 unspecified atom stereocenters. The Bertz CT molecular complexity index is 345. The average molecular weight is 216 g/mol. The average Bonchev–Trinajstić information content (AvgIpc) is 2.15. The summed E-state index contributed by atoms with van der Waals surface area (Å²) in [5.74, 6) is -1.01. The molecule has 6 heteroatoms. The molecular formula is C8H8O5S. The molecule has 5 nitrogen and oxygen atoms in total. The molecular weight excluding hydrogens is 208 g/mol. The van der Waals surface area contributed by atoms with Crippen LogP contribution in [0.1, 0.15) is 15.9 Å². The molecule has 0 heterocycles. The van der Waals surface area contributed by atoms with E-state index < -0.39 is 17.3 Å². The molecule has 1 aromatic carbocycles. The van der Waals surface area contributed by atoms with Crippen LogP contribution in [0, 0.1) is 0 Å². The molecule has 0 fully saturated rings. The number of carbonyl (C=O) groups is 1. The lowest BCUT2D eigenvalue weighted by atomic mass is 10.1. The lowest BCUT2D eigenvalue weighted by molar-refractivity contribution is 0.0697. The number of carboxylic acids is 1. The SMILES string of the molecule is O=C(O)c1ccc(COS(=O)O)cc1. The topological polar surface area (TPSA) is 83.8 Å². The lowest BCUT2D eigenvalue weighted by Crippen LogP contribution is -1.98. The summed E-state index contributed by atoms with van der Waals surface area (Å²) in [4.78, 5) is 10.5. The minimum atomic E-state index is -2.30. The minimum Gasteiger partial charge on any atom is -0.478 e. The summed E-state index contributed by atoms with van der Waals surface area (Å²) in [5.41, 5.74) is 0.802. The monoisotopic (exact) mass is 216 g/mol. The number of aromatic carboxylic acids is 1. The zero-order valence-corrected chi connectivity index (χ0v) is 7.86. The van der Waals surface area contributed by atoms with E-state index >= 15 is 0 Å². The predicted molar refractivity (Wildman–Crippen MR) is 49.0 cm³/mol. The van der Waals surface area contributed by atoms with Gasteiger partial charge in [0.2, 0.25) is 0 Å². The van der Waals surface area contributed by atoms with Gasteiger partial charge in [0.1, 0.15) is 0 Å². The van der Waals surface area contributed by atoms with Crippen molar-refractivity contribution in [2.24, 2.45) is 0 Å². The highest BCUT2D eigenvalue weighted by atomic mass is 32.2. The Balaban J connectivity index is 2.64. The maximum absolute atomic E-state index is 10.5. The van der Waals surface area contributed by atoms with Gasteiger partial charge in [-0.25, -0.2) is 4.79 Å². The molecule has 0 radical (unpaired) electrons. The van der Waals surface area contributed by atoms with Crippen LogP contribution >= 0.6 is 0 Å². The second-order valence-corrected chi connectivity index (χ2v) is 3.15. The number of hydrogen-bond acceptors (Lipinski definition) is 3. The fraction of sp³-hybridized carbons (Fsp3) is 0.125. The molecule has 14 heavy (non-hydrogen) atoms. The number of benzene rings is 1. The Morgan fingerprint density at radius 2 is 1.93 bits per heavy atom. The first kappa shape index (κ1) is 10.8. The third kappa shape index (κ3) is 3.25. The van der Waals surface area contributed by atoms with E-state index in [1.807, 2.05) is 0 Å². The highest BCUT2D eigenvalue weighted by Gasteiger charge is 2.02. The van der Waals surface area contributed by atoms with Crippen LogP contribution in [0.25, 0.3) is 0 Å². The van der Waals surface area contributed by atoms with Gasteiger partial charge in [-0.15, -0.1) is 0 Å². The molecule has 0 aromatic heterocycles. The summed E-state index contributed by atoms with van der Waals surface area (Å²) in [6.45, 7) is -0.0248. The van der Waals surface area contributed by atoms with Gasteiger partial charge in [-0.2, -0.15) is 4.21 Å². The van der Waals surface area contributed by atoms with Gasteiger partial charge in [0.25, 0.3) is 0 Å². The van der Waals surface area contributed by atoms with Crippen molar-refractivity contribution in [3.8, 4) is 0 Å². The maximum Gasteiger partial charge on any atom is 0.335 e. The summed E-state index contributed by atoms with van der Waals surface area (Å²) in [6.07, 6.45) is 0. The molecule has 0 aliphatic heterocycles. The first-order valence-corrected chi connectivity index (χ1v) is 4.69. The molecule has 0 aliphatic rings. The molecule has 0 saturated heterocycles. The Hall–Kier alpha value is -1.24. The van der Waals surface area contributed by atoms with Crippen LogP contribution in [-0.2, 0) is 22.2 Å². The van der Waals surface area contributed by atoms with Crippen molar-refractivity contribution in [3.63, 3.8) is 0 Å². The molecule has 2 N–H and O–H groups in total. The van der Waals surface area contributed by atoms with E-state index in [1.54, 1.807) is 0 Å². The summed E-state index contributed by atoms with van der Waals surface area (Å²) in [5, 5.41) is 8.57. The Morgan fingerprint density at radius 3 is 2.36 bits per heavy atom. The van der Waals surface area contributed by atoms with Gasteiger partial charge >= 0.3 is 17.3 Å². The first-order valence-electron chi connectivity index (χ1n) is 3.66. The summed E-state index contributed by atoms with van der Waals surface area (Å²) in [6, 6.07) is 5.86. The zero-order chi connectivity index (χ0) is 10.6. The Morgan fingerprint density at radius 1 is 1.36 bits per heavy atom. The number of hydrogen-bond donors (Lipinski definition) is 2. The number of carboxylic acid groups (broad SMARTS) is 1. The fourth-order valence-corrected chi connectivity index (χ4v) is 1.10. The van der Waals surface area contributed by atoms with Crippen molar-refractivity contribution >= 4 is 17.3 Å². The van der Waals surface area contributed by atoms with E-state index in [0.717, 1.165) is 0 Å². The van der Waals surface area contributed by atoms with Crippen LogP contribution in [-0.4, -0.2) is 19.8 Å². The normalized spacial score (nSPS) is 12.4. The number of rotatable bonds is 4. The van der Waals surface area contributed by atoms with Gasteiger partial charge in [0, 0.05) is 0 Å². The zero-order valence-electron chi connectivity index (χ0n) is 7.04. The van der Waals surface area contributed by atoms with Crippen LogP contribution in [0.4, 0.5) is 0 Å². The molecule has 1 aromatic rings. The molecule has 0 bridgehead atoms. The quantitative estimate of drug-likeness (QED) is 0.734. The first-order chi connectivity index (χ1) is 6.59. The maximum atomic E-state index is 10.5. The van der Waals surface area contributed by atoms with Gasteiger partial charge in [0.15, 0.2) is 0 Å². The van der Waals surface area contributed by atoms with Gasteiger partial charge in [-0.1, -0.05) is 12.1 Å². The van der Waals surface area contributed by atoms with Crippen molar-refractivity contribution < 1.29 is 22.8 Å². The highest BCUT2D eigenvalue weighted by molar-refractivity contribution is 7.74. The summed E-state index contributed by atoms with van der Waals surface area (Å²) in [7, 11) is 0. The van der Waals surface area contributed by atoms with Crippen molar-refractivity contribution in [1.29, 1.82) is 0 Å². The summed E-state index contributed by atoms with van der Waals surface area (Å²) < 4.78 is 22.9. The van der Waals surface area contributed by atoms with E-state index in [4.69, 9.17) is 9.66 Å². The van der Waals surface area contributed by atoms with Crippen LogP contribution in [0.3, 0.4) is 0 Å². The van der Waals surface area contributed by atoms with Crippen LogP contribution in [0.5, 0.6) is 0 Å². The second kappa shape index (κ2) is 4.85. The summed E-state index contributed by atoms with van der Waals surface area (Å²) >= 11 is -2.30. The van der Waals surface area contributed by atoms with Gasteiger partial charge < -0.3 is 5.11 Å². The van der Waals surface area contributed by atoms with Crippen molar-refractivity contribution in [1.82, 2.24) is 0 Å². The molecule has 1 rings (SSSR count). The Kier molecular flexibility index (Phi) is 3.75. The van der Waals surface area contributed by atoms with Crippen molar-refractivity contribution in [2.45, 2.75) is 6.61 Å². The smallest absolute Gasteiger partial charge is 0.335 e. The Labute approximate surface area is 82.8 Å². The van der Waals surface area contributed by atoms with E-state index in [-0.39, 0.29) is 12.2 Å². The second-order valence-electron chi connectivity index (χ2n) is 2.48. The molecule has 0 amide bonds. The molecule has 1 atom stereocenters. The van der Waals surface area contributed by atoms with Crippen LogP contribution in [0.2, 0.25) is 0 Å². The van der Waals surface area contributed by atoms with Crippen LogP contribution < -0.4 is 0 Å². The lowest BCUT2D eigenvalue weighted by Gasteiger charge is -1.99. The molecule has 0 spiro atoms. The highest BCUT2D eigenvalue weighted by Crippen LogP contribution is 2.06.